The van der Waals surface area contributed by atoms with Gasteiger partial charge >= 0.3 is 21.7 Å². The normalized spacial score (nSPS) is 0. The largest absolute Gasteiger partial charge is 4.00 e. The first-order valence-corrected chi connectivity index (χ1v) is 0. The maximum atomic E-state index is 0. The first-order valence-electron chi connectivity index (χ1n) is 0. The Kier molecular flexibility index (Phi) is 2500. The van der Waals surface area contributed by atoms with E-state index in [9.17, 15) is 0 Å². The van der Waals surface area contributed by atoms with Crippen molar-refractivity contribution in [3.63, 3.8) is 0 Å². The van der Waals surface area contributed by atoms with Crippen LogP contribution in [0.3, 0.4) is 0 Å². The van der Waals surface area contributed by atoms with Gasteiger partial charge in [0, 0.05) is 7.43 Å². The third-order valence-electron chi connectivity index (χ3n) is 0. The molecule has 0 aromatic carbocycles. The third-order valence-corrected chi connectivity index (χ3v) is 0. The summed E-state index contributed by atoms with van der Waals surface area (Å²) in [6.07, 6.45) is 0. The summed E-state index contributed by atoms with van der Waals surface area (Å²) < 4.78 is 0. The molecule has 0 saturated heterocycles. The zero-order valence-electron chi connectivity index (χ0n) is 3.22. The van der Waals surface area contributed by atoms with Crippen LogP contribution in [0.25, 0.3) is 0 Å². The molecule has 3 N–H and O–H groups in total. The van der Waals surface area contributed by atoms with Crippen molar-refractivity contribution in [2.75, 3.05) is 0 Å². The van der Waals surface area contributed by atoms with Gasteiger partial charge in [-0.2, -0.15) is 0 Å². The molecule has 0 bridgehead atoms. The van der Waals surface area contributed by atoms with E-state index in [1.807, 2.05) is 0 Å². The van der Waals surface area contributed by atoms with Crippen LogP contribution in [0, 0.1) is 7.43 Å². The molecular formula is CH3Cl4NTi. The van der Waals surface area contributed by atoms with Gasteiger partial charge in [-0.1, -0.05) is 0 Å². The van der Waals surface area contributed by atoms with Crippen LogP contribution >= 0.6 is 0 Å². The maximum absolute atomic E-state index is 0. The van der Waals surface area contributed by atoms with Crippen LogP contribution in [0.15, 0.2) is 0 Å². The summed E-state index contributed by atoms with van der Waals surface area (Å²) in [6, 6.07) is 0. The van der Waals surface area contributed by atoms with E-state index in [1.165, 1.54) is 0 Å². The second kappa shape index (κ2) is 109. The van der Waals surface area contributed by atoms with Crippen molar-refractivity contribution >= 4 is 0 Å². The summed E-state index contributed by atoms with van der Waals surface area (Å²) in [5, 5.41) is 0. The van der Waals surface area contributed by atoms with E-state index in [0.29, 0.717) is 0 Å². The van der Waals surface area contributed by atoms with E-state index < -0.39 is 0 Å². The smallest absolute Gasteiger partial charge is 1.00 e. The topological polar surface area (TPSA) is 35.0 Å². The summed E-state index contributed by atoms with van der Waals surface area (Å²) in [5.41, 5.74) is 0. The van der Waals surface area contributed by atoms with Crippen LogP contribution in [0.2, 0.25) is 0 Å². The van der Waals surface area contributed by atoms with Gasteiger partial charge in [0.25, 0.3) is 0 Å². The standard InChI is InChI=1S/C.4ClH.H3N.Ti/h;4*1H;1H3;/q;;;;;;+4/p-4. The Bertz CT molecular complexity index is 11.7. The molecule has 0 aromatic rings. The molecule has 0 heterocycles. The molecule has 0 rings (SSSR count). The molecule has 0 aromatic heterocycles. The number of hydrogen-bond acceptors (Lipinski definition) is 1. The Morgan fingerprint density at radius 1 is 0.571 bits per heavy atom. The predicted octanol–water partition coefficient (Wildman–Crippen LogP) is -11.7. The van der Waals surface area contributed by atoms with Crippen molar-refractivity contribution in [3.8, 4) is 0 Å². The van der Waals surface area contributed by atoms with E-state index in [-0.39, 0.29) is 84.9 Å². The predicted molar refractivity (Wildman–Crippen MR) is 8.27 cm³/mol. The van der Waals surface area contributed by atoms with Crippen molar-refractivity contribution < 1.29 is 71.3 Å². The van der Waals surface area contributed by atoms with Gasteiger partial charge in [-0.15, -0.1) is 0 Å². The van der Waals surface area contributed by atoms with Crippen LogP contribution in [-0.2, 0) is 21.7 Å². The second-order valence-corrected chi connectivity index (χ2v) is 0. The van der Waals surface area contributed by atoms with Gasteiger partial charge in [0.1, 0.15) is 0 Å². The van der Waals surface area contributed by atoms with Crippen molar-refractivity contribution in [2.45, 2.75) is 0 Å². The molecule has 6 heteroatoms. The van der Waals surface area contributed by atoms with Crippen LogP contribution < -0.4 is 55.8 Å². The summed E-state index contributed by atoms with van der Waals surface area (Å²) >= 11 is 0. The van der Waals surface area contributed by atoms with E-state index in [1.54, 1.807) is 0 Å². The molecule has 0 aliphatic carbocycles. The molecule has 1 nitrogen and oxygen atoms in total. The molecule has 0 aliphatic rings. The van der Waals surface area contributed by atoms with Gasteiger partial charge < -0.3 is 55.8 Å². The van der Waals surface area contributed by atoms with E-state index in [0.717, 1.165) is 0 Å². The summed E-state index contributed by atoms with van der Waals surface area (Å²) in [7, 11) is 0. The van der Waals surface area contributed by atoms with Crippen LogP contribution in [0.1, 0.15) is 0 Å². The average molecular weight is 219 g/mol. The van der Waals surface area contributed by atoms with Gasteiger partial charge in [-0.3, -0.25) is 0 Å². The first-order chi connectivity index (χ1) is 0. The maximum Gasteiger partial charge on any atom is 4.00 e. The SMILES string of the molecule is N.[C].[Cl-].[Cl-].[Cl-].[Cl-].[Ti+4]. The van der Waals surface area contributed by atoms with Crippen molar-refractivity contribution in [1.29, 1.82) is 0 Å². The van der Waals surface area contributed by atoms with Gasteiger partial charge in [-0.25, -0.2) is 0 Å². The molecule has 7 heavy (non-hydrogen) atoms. The fraction of sp³-hybridized carbons (Fsp3) is 0. The van der Waals surface area contributed by atoms with Crippen LogP contribution in [-0.4, -0.2) is 0 Å². The monoisotopic (exact) mass is 217 g/mol. The van der Waals surface area contributed by atoms with Crippen molar-refractivity contribution in [2.24, 2.45) is 0 Å². The average Bonchev–Trinajstić information content (AvgIpc) is 0. The van der Waals surface area contributed by atoms with E-state index in [4.69, 9.17) is 0 Å². The molecule has 0 atom stereocenters. The Hall–Kier alpha value is 1.83. The van der Waals surface area contributed by atoms with Gasteiger partial charge in [-0.05, 0) is 0 Å². The van der Waals surface area contributed by atoms with Gasteiger partial charge in [0.05, 0.1) is 0 Å². The Labute approximate surface area is 84.5 Å². The minimum absolute atomic E-state index is 0. The minimum atomic E-state index is 0. The van der Waals surface area contributed by atoms with Crippen molar-refractivity contribution in [1.82, 2.24) is 6.15 Å². The first kappa shape index (κ1) is 161. The molecule has 0 aliphatic heterocycles. The van der Waals surface area contributed by atoms with E-state index in [2.05, 4.69) is 0 Å². The van der Waals surface area contributed by atoms with Crippen LogP contribution in [0.5, 0.6) is 0 Å². The zero-order valence-corrected chi connectivity index (χ0v) is 7.80. The Morgan fingerprint density at radius 3 is 0.571 bits per heavy atom. The van der Waals surface area contributed by atoms with Crippen molar-refractivity contribution in [3.05, 3.63) is 7.43 Å². The number of rotatable bonds is 0. The molecule has 0 unspecified atom stereocenters. The number of halogens is 4. The Balaban J connectivity index is 0. The molecule has 0 spiro atoms. The molecule has 0 fully saturated rings. The summed E-state index contributed by atoms with van der Waals surface area (Å²) in [5.74, 6) is 0. The molecular weight excluding hydrogens is 216 g/mol. The third kappa shape index (κ3) is 79.3. The zero-order chi connectivity index (χ0) is 0. The van der Waals surface area contributed by atoms with Gasteiger partial charge in [0.15, 0.2) is 0 Å². The molecule has 0 amide bonds. The van der Waals surface area contributed by atoms with E-state index >= 15 is 0 Å². The summed E-state index contributed by atoms with van der Waals surface area (Å²) in [4.78, 5) is 0. The minimum Gasteiger partial charge on any atom is -1.00 e. The number of hydrogen-bond donors (Lipinski definition) is 1. The van der Waals surface area contributed by atoms with Gasteiger partial charge in [0.2, 0.25) is 0 Å². The second-order valence-electron chi connectivity index (χ2n) is 0. The molecule has 44 valence electrons. The fourth-order valence-corrected chi connectivity index (χ4v) is 0. The summed E-state index contributed by atoms with van der Waals surface area (Å²) in [6.45, 7) is 0. The van der Waals surface area contributed by atoms with Crippen LogP contribution in [0.4, 0.5) is 0 Å². The Morgan fingerprint density at radius 2 is 0.571 bits per heavy atom. The molecule has 0 saturated carbocycles. The fourth-order valence-electron chi connectivity index (χ4n) is 0. The molecule has 4 radical (unpaired) electrons. The quantitative estimate of drug-likeness (QED) is 0.403.